The number of amides is 1. The minimum Gasteiger partial charge on any atom is -0.355 e. The van der Waals surface area contributed by atoms with Gasteiger partial charge in [0, 0.05) is 30.5 Å². The smallest absolute Gasteiger partial charge is 0.230 e. The van der Waals surface area contributed by atoms with E-state index in [4.69, 9.17) is 11.6 Å². The molecule has 4 nitrogen and oxygen atoms in total. The van der Waals surface area contributed by atoms with Gasteiger partial charge in [0.25, 0.3) is 0 Å². The van der Waals surface area contributed by atoms with E-state index < -0.39 is 0 Å². The average molecular weight is 304 g/mol. The van der Waals surface area contributed by atoms with Crippen LogP contribution in [0.4, 0.5) is 0 Å². The highest BCUT2D eigenvalue weighted by Crippen LogP contribution is 2.48. The molecule has 1 amide bonds. The maximum Gasteiger partial charge on any atom is 0.230 e. The van der Waals surface area contributed by atoms with Gasteiger partial charge in [-0.3, -0.25) is 4.79 Å². The SMILES string of the molecule is O=C(NCCCn1ccnc1)C1(c2ccc(Cl)cc2)CC1. The zero-order valence-electron chi connectivity index (χ0n) is 11.8. The van der Waals surface area contributed by atoms with Gasteiger partial charge in [0.2, 0.25) is 5.91 Å². The summed E-state index contributed by atoms with van der Waals surface area (Å²) >= 11 is 5.91. The predicted molar refractivity (Wildman–Crippen MR) is 82.2 cm³/mol. The number of nitrogens with zero attached hydrogens (tertiary/aromatic N) is 2. The third-order valence-electron chi connectivity index (χ3n) is 4.02. The number of hydrogen-bond donors (Lipinski definition) is 1. The molecule has 1 aliphatic carbocycles. The van der Waals surface area contributed by atoms with Gasteiger partial charge in [0.05, 0.1) is 11.7 Å². The number of aryl methyl sites for hydroxylation is 1. The Labute approximate surface area is 129 Å². The molecule has 1 aliphatic rings. The van der Waals surface area contributed by atoms with Crippen LogP contribution >= 0.6 is 11.6 Å². The van der Waals surface area contributed by atoms with Crippen molar-refractivity contribution < 1.29 is 4.79 Å². The van der Waals surface area contributed by atoms with Crippen molar-refractivity contribution in [3.05, 3.63) is 53.6 Å². The normalized spacial score (nSPS) is 15.7. The van der Waals surface area contributed by atoms with Crippen LogP contribution in [0.1, 0.15) is 24.8 Å². The number of carbonyl (C=O) groups excluding carboxylic acids is 1. The molecule has 1 aromatic heterocycles. The third kappa shape index (κ3) is 3.10. The van der Waals surface area contributed by atoms with E-state index in [-0.39, 0.29) is 11.3 Å². The van der Waals surface area contributed by atoms with Crippen molar-refractivity contribution in [1.82, 2.24) is 14.9 Å². The third-order valence-corrected chi connectivity index (χ3v) is 4.27. The lowest BCUT2D eigenvalue weighted by Gasteiger charge is -2.16. The van der Waals surface area contributed by atoms with Gasteiger partial charge in [-0.05, 0) is 37.0 Å². The van der Waals surface area contributed by atoms with Crippen LogP contribution in [0.25, 0.3) is 0 Å². The molecule has 3 rings (SSSR count). The monoisotopic (exact) mass is 303 g/mol. The van der Waals surface area contributed by atoms with Crippen molar-refractivity contribution in [3.8, 4) is 0 Å². The molecule has 0 bridgehead atoms. The molecule has 0 saturated heterocycles. The molecule has 1 aromatic carbocycles. The fourth-order valence-electron chi connectivity index (χ4n) is 2.59. The van der Waals surface area contributed by atoms with Crippen LogP contribution in [-0.2, 0) is 16.8 Å². The van der Waals surface area contributed by atoms with Gasteiger partial charge in [-0.15, -0.1) is 0 Å². The summed E-state index contributed by atoms with van der Waals surface area (Å²) in [7, 11) is 0. The summed E-state index contributed by atoms with van der Waals surface area (Å²) in [6, 6.07) is 7.62. The van der Waals surface area contributed by atoms with Crippen LogP contribution in [0.2, 0.25) is 5.02 Å². The fraction of sp³-hybridized carbons (Fsp3) is 0.375. The molecule has 0 aliphatic heterocycles. The van der Waals surface area contributed by atoms with E-state index in [9.17, 15) is 4.79 Å². The summed E-state index contributed by atoms with van der Waals surface area (Å²) in [4.78, 5) is 16.4. The standard InChI is InChI=1S/C16H18ClN3O/c17-14-4-2-13(3-5-14)16(6-7-16)15(21)19-8-1-10-20-11-9-18-12-20/h2-5,9,11-12H,1,6-8,10H2,(H,19,21). The minimum atomic E-state index is -0.320. The number of benzene rings is 1. The molecule has 0 unspecified atom stereocenters. The molecular weight excluding hydrogens is 286 g/mol. The Bertz CT molecular complexity index is 603. The maximum atomic E-state index is 12.4. The van der Waals surface area contributed by atoms with Crippen molar-refractivity contribution in [3.63, 3.8) is 0 Å². The summed E-state index contributed by atoms with van der Waals surface area (Å²) in [5.74, 6) is 0.135. The highest BCUT2D eigenvalue weighted by molar-refractivity contribution is 6.30. The van der Waals surface area contributed by atoms with Crippen molar-refractivity contribution in [2.24, 2.45) is 0 Å². The van der Waals surface area contributed by atoms with Gasteiger partial charge in [-0.1, -0.05) is 23.7 Å². The Morgan fingerprint density at radius 2 is 2.10 bits per heavy atom. The van der Waals surface area contributed by atoms with Gasteiger partial charge >= 0.3 is 0 Å². The first-order chi connectivity index (χ1) is 10.2. The van der Waals surface area contributed by atoms with E-state index in [2.05, 4.69) is 10.3 Å². The lowest BCUT2D eigenvalue weighted by molar-refractivity contribution is -0.123. The summed E-state index contributed by atoms with van der Waals surface area (Å²) in [5.41, 5.74) is 0.749. The zero-order chi connectivity index (χ0) is 14.7. The Kier molecular flexibility index (Phi) is 3.97. The lowest BCUT2D eigenvalue weighted by atomic mass is 9.95. The van der Waals surface area contributed by atoms with Gasteiger partial charge in [0.1, 0.15) is 0 Å². The highest BCUT2D eigenvalue weighted by atomic mass is 35.5. The second kappa shape index (κ2) is 5.90. The van der Waals surface area contributed by atoms with E-state index in [0.717, 1.165) is 31.4 Å². The molecule has 1 N–H and O–H groups in total. The Balaban J connectivity index is 1.52. The van der Waals surface area contributed by atoms with E-state index in [0.29, 0.717) is 11.6 Å². The van der Waals surface area contributed by atoms with Gasteiger partial charge in [-0.25, -0.2) is 4.98 Å². The van der Waals surface area contributed by atoms with Crippen LogP contribution in [0.15, 0.2) is 43.0 Å². The lowest BCUT2D eigenvalue weighted by Crippen LogP contribution is -2.35. The molecule has 0 atom stereocenters. The first kappa shape index (κ1) is 14.1. The molecule has 1 heterocycles. The highest BCUT2D eigenvalue weighted by Gasteiger charge is 2.50. The summed E-state index contributed by atoms with van der Waals surface area (Å²) < 4.78 is 2.01. The number of imidazole rings is 1. The van der Waals surface area contributed by atoms with E-state index in [1.165, 1.54) is 0 Å². The Morgan fingerprint density at radius 3 is 2.71 bits per heavy atom. The first-order valence-corrected chi connectivity index (χ1v) is 7.59. The quantitative estimate of drug-likeness (QED) is 0.834. The van der Waals surface area contributed by atoms with Crippen molar-refractivity contribution >= 4 is 17.5 Å². The fourth-order valence-corrected chi connectivity index (χ4v) is 2.72. The van der Waals surface area contributed by atoms with Gasteiger partial charge in [-0.2, -0.15) is 0 Å². The Morgan fingerprint density at radius 1 is 1.33 bits per heavy atom. The number of nitrogens with one attached hydrogen (secondary N) is 1. The molecule has 110 valence electrons. The largest absolute Gasteiger partial charge is 0.355 e. The van der Waals surface area contributed by atoms with Crippen LogP contribution in [0, 0.1) is 0 Å². The second-order valence-corrected chi connectivity index (χ2v) is 5.94. The van der Waals surface area contributed by atoms with E-state index in [1.807, 2.05) is 35.0 Å². The first-order valence-electron chi connectivity index (χ1n) is 7.21. The molecule has 0 spiro atoms. The number of carbonyl (C=O) groups is 1. The Hall–Kier alpha value is -1.81. The number of aromatic nitrogens is 2. The molecule has 2 aromatic rings. The molecule has 21 heavy (non-hydrogen) atoms. The number of rotatable bonds is 6. The van der Waals surface area contributed by atoms with Crippen molar-refractivity contribution in [2.75, 3.05) is 6.54 Å². The molecule has 0 radical (unpaired) electrons. The van der Waals surface area contributed by atoms with Crippen molar-refractivity contribution in [1.29, 1.82) is 0 Å². The van der Waals surface area contributed by atoms with Crippen molar-refractivity contribution in [2.45, 2.75) is 31.2 Å². The summed E-state index contributed by atoms with van der Waals surface area (Å²) in [6.07, 6.45) is 8.22. The maximum absolute atomic E-state index is 12.4. The predicted octanol–water partition coefficient (Wildman–Crippen LogP) is 2.77. The summed E-state index contributed by atoms with van der Waals surface area (Å²) in [5, 5.41) is 3.76. The van der Waals surface area contributed by atoms with Gasteiger partial charge in [0.15, 0.2) is 0 Å². The molecule has 1 fully saturated rings. The van der Waals surface area contributed by atoms with E-state index >= 15 is 0 Å². The van der Waals surface area contributed by atoms with Crippen LogP contribution in [-0.4, -0.2) is 22.0 Å². The van der Waals surface area contributed by atoms with Crippen LogP contribution in [0.5, 0.6) is 0 Å². The molecule has 5 heteroatoms. The van der Waals surface area contributed by atoms with Gasteiger partial charge < -0.3 is 9.88 Å². The minimum absolute atomic E-state index is 0.135. The summed E-state index contributed by atoms with van der Waals surface area (Å²) in [6.45, 7) is 1.56. The number of halogens is 1. The van der Waals surface area contributed by atoms with Crippen LogP contribution < -0.4 is 5.32 Å². The second-order valence-electron chi connectivity index (χ2n) is 5.50. The number of hydrogen-bond acceptors (Lipinski definition) is 2. The van der Waals surface area contributed by atoms with Crippen LogP contribution in [0.3, 0.4) is 0 Å². The molecule has 1 saturated carbocycles. The van der Waals surface area contributed by atoms with E-state index in [1.54, 1.807) is 12.5 Å². The zero-order valence-corrected chi connectivity index (χ0v) is 12.5. The average Bonchev–Trinajstić information content (AvgIpc) is 3.14. The topological polar surface area (TPSA) is 46.9 Å². The molecular formula is C16H18ClN3O.